The minimum atomic E-state index is 0.178. The average Bonchev–Trinajstić information content (AvgIpc) is 3.36. The quantitative estimate of drug-likeness (QED) is 0.606. The van der Waals surface area contributed by atoms with E-state index in [0.29, 0.717) is 11.7 Å². The van der Waals surface area contributed by atoms with Crippen LogP contribution in [0, 0.1) is 6.92 Å². The van der Waals surface area contributed by atoms with Crippen LogP contribution in [0.2, 0.25) is 0 Å². The number of nitrogens with zero attached hydrogens (tertiary/aromatic N) is 5. The molecule has 0 radical (unpaired) electrons. The molecule has 0 unspecified atom stereocenters. The van der Waals surface area contributed by atoms with Gasteiger partial charge in [-0.05, 0) is 43.4 Å². The van der Waals surface area contributed by atoms with Crippen LogP contribution in [0.3, 0.4) is 0 Å². The van der Waals surface area contributed by atoms with E-state index in [-0.39, 0.29) is 5.91 Å². The largest absolute Gasteiger partial charge is 0.355 e. The topological polar surface area (TPSA) is 85.0 Å². The van der Waals surface area contributed by atoms with Crippen molar-refractivity contribution in [1.82, 2.24) is 24.6 Å². The molecule has 1 aliphatic heterocycles. The second-order valence-corrected chi connectivity index (χ2v) is 8.25. The van der Waals surface area contributed by atoms with Crippen LogP contribution in [0.25, 0.3) is 10.6 Å². The summed E-state index contributed by atoms with van der Waals surface area (Å²) in [5.74, 6) is 1.65. The Hall–Kier alpha value is -2.26. The summed E-state index contributed by atoms with van der Waals surface area (Å²) in [6.07, 6.45) is 5.26. The Morgan fingerprint density at radius 1 is 1.33 bits per heavy atom. The summed E-state index contributed by atoms with van der Waals surface area (Å²) in [7, 11) is 0. The number of pyridine rings is 1. The van der Waals surface area contributed by atoms with E-state index in [0.717, 1.165) is 52.9 Å². The van der Waals surface area contributed by atoms with E-state index >= 15 is 0 Å². The van der Waals surface area contributed by atoms with Crippen molar-refractivity contribution in [1.29, 1.82) is 0 Å². The number of rotatable bonds is 5. The van der Waals surface area contributed by atoms with Gasteiger partial charge in [-0.1, -0.05) is 9.64 Å². The van der Waals surface area contributed by atoms with Crippen LogP contribution >= 0.6 is 23.3 Å². The van der Waals surface area contributed by atoms with Gasteiger partial charge in [0.05, 0.1) is 17.1 Å². The molecule has 9 heteroatoms. The van der Waals surface area contributed by atoms with Crippen LogP contribution in [-0.2, 0) is 4.79 Å². The van der Waals surface area contributed by atoms with Crippen molar-refractivity contribution in [3.05, 3.63) is 42.0 Å². The highest BCUT2D eigenvalue weighted by atomic mass is 32.2. The van der Waals surface area contributed by atoms with Crippen LogP contribution in [0.5, 0.6) is 0 Å². The van der Waals surface area contributed by atoms with Crippen molar-refractivity contribution in [2.24, 2.45) is 0 Å². The lowest BCUT2D eigenvalue weighted by atomic mass is 9.92. The maximum Gasteiger partial charge on any atom is 0.232 e. The van der Waals surface area contributed by atoms with Gasteiger partial charge < -0.3 is 9.42 Å². The SMILES string of the molecule is Cc1cc(-c2snnc2C2CCN(C(=O)CSc3ccncc3)CC2)on1. The number of amides is 1. The summed E-state index contributed by atoms with van der Waals surface area (Å²) in [5.41, 5.74) is 1.81. The van der Waals surface area contributed by atoms with Gasteiger partial charge in [0.15, 0.2) is 5.76 Å². The van der Waals surface area contributed by atoms with Crippen molar-refractivity contribution in [2.75, 3.05) is 18.8 Å². The summed E-state index contributed by atoms with van der Waals surface area (Å²) in [6.45, 7) is 3.38. The highest BCUT2D eigenvalue weighted by Crippen LogP contribution is 2.36. The Balaban J connectivity index is 1.34. The lowest BCUT2D eigenvalue weighted by molar-refractivity contribution is -0.129. The molecule has 7 nitrogen and oxygen atoms in total. The molecule has 4 heterocycles. The third kappa shape index (κ3) is 4.19. The number of hydrogen-bond donors (Lipinski definition) is 0. The summed E-state index contributed by atoms with van der Waals surface area (Å²) < 4.78 is 9.50. The van der Waals surface area contributed by atoms with Crippen molar-refractivity contribution in [3.8, 4) is 10.6 Å². The maximum absolute atomic E-state index is 12.5. The minimum Gasteiger partial charge on any atom is -0.355 e. The predicted molar refractivity (Wildman–Crippen MR) is 104 cm³/mol. The first-order valence-corrected chi connectivity index (χ1v) is 10.5. The first kappa shape index (κ1) is 18.1. The molecule has 0 atom stereocenters. The van der Waals surface area contributed by atoms with Crippen LogP contribution < -0.4 is 0 Å². The zero-order chi connectivity index (χ0) is 18.6. The Bertz CT molecular complexity index is 903. The van der Waals surface area contributed by atoms with E-state index in [1.165, 1.54) is 11.5 Å². The summed E-state index contributed by atoms with van der Waals surface area (Å²) >= 11 is 2.89. The molecule has 1 saturated heterocycles. The zero-order valence-electron chi connectivity index (χ0n) is 14.9. The molecule has 0 saturated carbocycles. The van der Waals surface area contributed by atoms with Crippen molar-refractivity contribution in [2.45, 2.75) is 30.6 Å². The molecule has 1 aliphatic rings. The molecule has 0 aliphatic carbocycles. The molecular formula is C18H19N5O2S2. The Morgan fingerprint density at radius 2 is 2.11 bits per heavy atom. The first-order chi connectivity index (χ1) is 13.2. The normalized spacial score (nSPS) is 15.2. The molecule has 27 heavy (non-hydrogen) atoms. The lowest BCUT2D eigenvalue weighted by Crippen LogP contribution is -2.39. The van der Waals surface area contributed by atoms with Crippen LogP contribution in [0.4, 0.5) is 0 Å². The van der Waals surface area contributed by atoms with Gasteiger partial charge >= 0.3 is 0 Å². The second kappa shape index (κ2) is 8.18. The number of thioether (sulfide) groups is 1. The fourth-order valence-electron chi connectivity index (χ4n) is 3.18. The molecular weight excluding hydrogens is 382 g/mol. The third-order valence-corrected chi connectivity index (χ3v) is 6.36. The van der Waals surface area contributed by atoms with E-state index in [9.17, 15) is 4.79 Å². The molecule has 3 aromatic rings. The number of carbonyl (C=O) groups is 1. The number of carbonyl (C=O) groups excluding carboxylic acids is 1. The predicted octanol–water partition coefficient (Wildman–Crippen LogP) is 3.39. The minimum absolute atomic E-state index is 0.178. The number of likely N-dealkylation sites (tertiary alicyclic amines) is 1. The summed E-state index contributed by atoms with van der Waals surface area (Å²) in [4.78, 5) is 20.5. The van der Waals surface area contributed by atoms with Crippen LogP contribution in [-0.4, -0.2) is 49.4 Å². The van der Waals surface area contributed by atoms with Gasteiger partial charge in [0, 0.05) is 42.4 Å². The molecule has 4 rings (SSSR count). The molecule has 0 aromatic carbocycles. The Morgan fingerprint density at radius 3 is 2.81 bits per heavy atom. The van der Waals surface area contributed by atoms with E-state index in [2.05, 4.69) is 19.7 Å². The first-order valence-electron chi connectivity index (χ1n) is 8.77. The molecule has 1 fully saturated rings. The number of piperidine rings is 1. The number of hydrogen-bond acceptors (Lipinski definition) is 8. The highest BCUT2D eigenvalue weighted by molar-refractivity contribution is 8.00. The standard InChI is InChI=1S/C18H19N5O2S2/c1-12-10-15(25-21-12)18-17(20-22-27-18)13-4-8-23(9-5-13)16(24)11-26-14-2-6-19-7-3-14/h2-3,6-7,10,13H,4-5,8-9,11H2,1H3. The van der Waals surface area contributed by atoms with Crippen LogP contribution in [0.1, 0.15) is 30.1 Å². The molecule has 0 N–H and O–H groups in total. The Labute approximate surface area is 165 Å². The van der Waals surface area contributed by atoms with Gasteiger partial charge in [0.1, 0.15) is 4.88 Å². The average molecular weight is 402 g/mol. The second-order valence-electron chi connectivity index (χ2n) is 6.45. The van der Waals surface area contributed by atoms with Crippen molar-refractivity contribution >= 4 is 29.2 Å². The van der Waals surface area contributed by atoms with Gasteiger partial charge in [0.25, 0.3) is 0 Å². The third-order valence-electron chi connectivity index (χ3n) is 4.61. The molecule has 3 aromatic heterocycles. The Kier molecular flexibility index (Phi) is 5.49. The zero-order valence-corrected chi connectivity index (χ0v) is 16.5. The molecule has 0 bridgehead atoms. The fourth-order valence-corrected chi connectivity index (χ4v) is 4.66. The number of aromatic nitrogens is 4. The van der Waals surface area contributed by atoms with Gasteiger partial charge in [-0.3, -0.25) is 9.78 Å². The van der Waals surface area contributed by atoms with Gasteiger partial charge in [-0.2, -0.15) is 0 Å². The van der Waals surface area contributed by atoms with E-state index in [1.54, 1.807) is 24.2 Å². The lowest BCUT2D eigenvalue weighted by Gasteiger charge is -2.31. The van der Waals surface area contributed by atoms with Gasteiger partial charge in [-0.15, -0.1) is 16.9 Å². The maximum atomic E-state index is 12.5. The van der Waals surface area contributed by atoms with Crippen LogP contribution in [0.15, 0.2) is 40.0 Å². The van der Waals surface area contributed by atoms with E-state index in [1.807, 2.05) is 30.0 Å². The molecule has 1 amide bonds. The molecule has 140 valence electrons. The van der Waals surface area contributed by atoms with E-state index in [4.69, 9.17) is 4.52 Å². The smallest absolute Gasteiger partial charge is 0.232 e. The molecule has 0 spiro atoms. The van der Waals surface area contributed by atoms with Crippen molar-refractivity contribution < 1.29 is 9.32 Å². The fraction of sp³-hybridized carbons (Fsp3) is 0.389. The monoisotopic (exact) mass is 401 g/mol. The van der Waals surface area contributed by atoms with Gasteiger partial charge in [0.2, 0.25) is 5.91 Å². The van der Waals surface area contributed by atoms with Crippen molar-refractivity contribution in [3.63, 3.8) is 0 Å². The summed E-state index contributed by atoms with van der Waals surface area (Å²) in [5, 5.41) is 8.30. The van der Waals surface area contributed by atoms with E-state index < -0.39 is 0 Å². The highest BCUT2D eigenvalue weighted by Gasteiger charge is 2.28. The van der Waals surface area contributed by atoms with Gasteiger partial charge in [-0.25, -0.2) is 0 Å². The summed E-state index contributed by atoms with van der Waals surface area (Å²) in [6, 6.07) is 5.76. The number of aryl methyl sites for hydroxylation is 1.